The minimum atomic E-state index is -3.05. The molecule has 17 heavy (non-hydrogen) atoms. The molecule has 1 heterocycles. The Morgan fingerprint density at radius 3 is 2.29 bits per heavy atom. The molecule has 1 N–H and O–H groups in total. The van der Waals surface area contributed by atoms with Crippen LogP contribution in [0.5, 0.6) is 0 Å². The normalized spacial score (nSPS) is 21.6. The van der Waals surface area contributed by atoms with Crippen molar-refractivity contribution in [2.45, 2.75) is 32.8 Å². The van der Waals surface area contributed by atoms with E-state index in [2.05, 4.69) is 4.90 Å². The summed E-state index contributed by atoms with van der Waals surface area (Å²) < 4.78 is 25.4. The second kappa shape index (κ2) is 6.68. The first-order valence-corrected chi connectivity index (χ1v) is 7.95. The van der Waals surface area contributed by atoms with Gasteiger partial charge in [-0.2, -0.15) is 4.31 Å². The Morgan fingerprint density at radius 1 is 1.24 bits per heavy atom. The van der Waals surface area contributed by atoms with Crippen molar-refractivity contribution in [3.63, 3.8) is 0 Å². The highest BCUT2D eigenvalue weighted by Crippen LogP contribution is 2.10. The zero-order valence-corrected chi connectivity index (χ0v) is 11.6. The summed E-state index contributed by atoms with van der Waals surface area (Å²) in [6, 6.07) is 0. The molecule has 1 aliphatic heterocycles. The van der Waals surface area contributed by atoms with Crippen molar-refractivity contribution in [3.8, 4) is 0 Å². The van der Waals surface area contributed by atoms with Crippen molar-refractivity contribution in [2.75, 3.05) is 38.5 Å². The molecule has 1 unspecified atom stereocenters. The summed E-state index contributed by atoms with van der Waals surface area (Å²) in [6.45, 7) is 6.92. The summed E-state index contributed by atoms with van der Waals surface area (Å²) in [5.41, 5.74) is 0. The van der Waals surface area contributed by atoms with Crippen molar-refractivity contribution in [3.05, 3.63) is 0 Å². The van der Waals surface area contributed by atoms with E-state index in [1.165, 1.54) is 0 Å². The van der Waals surface area contributed by atoms with Gasteiger partial charge in [0.2, 0.25) is 10.0 Å². The molecule has 0 bridgehead atoms. The summed E-state index contributed by atoms with van der Waals surface area (Å²) in [6.07, 6.45) is 1.29. The van der Waals surface area contributed by atoms with Crippen LogP contribution in [0.2, 0.25) is 0 Å². The molecule has 0 aromatic rings. The molecule has 1 saturated heterocycles. The third-order valence-corrected chi connectivity index (χ3v) is 4.96. The number of β-amino-alcohol motifs (C(OH)–C–C–N with tert-alkyl or cyclic N) is 1. The number of aliphatic hydroxyl groups is 1. The van der Waals surface area contributed by atoms with E-state index in [1.807, 2.05) is 6.92 Å². The van der Waals surface area contributed by atoms with E-state index in [-0.39, 0.29) is 11.9 Å². The Balaban J connectivity index is 2.40. The van der Waals surface area contributed by atoms with Gasteiger partial charge >= 0.3 is 0 Å². The molecule has 0 spiro atoms. The van der Waals surface area contributed by atoms with Gasteiger partial charge in [-0.15, -0.1) is 0 Å². The number of hydrogen-bond acceptors (Lipinski definition) is 4. The van der Waals surface area contributed by atoms with E-state index in [9.17, 15) is 13.5 Å². The molecular weight excluding hydrogens is 240 g/mol. The van der Waals surface area contributed by atoms with Crippen molar-refractivity contribution >= 4 is 10.0 Å². The molecule has 0 radical (unpaired) electrons. The van der Waals surface area contributed by atoms with Crippen molar-refractivity contribution in [2.24, 2.45) is 0 Å². The summed E-state index contributed by atoms with van der Waals surface area (Å²) in [7, 11) is -3.05. The summed E-state index contributed by atoms with van der Waals surface area (Å²) in [5, 5.41) is 9.27. The quantitative estimate of drug-likeness (QED) is 0.740. The van der Waals surface area contributed by atoms with Crippen LogP contribution in [0.1, 0.15) is 26.7 Å². The first-order valence-electron chi connectivity index (χ1n) is 6.34. The van der Waals surface area contributed by atoms with Gasteiger partial charge in [0, 0.05) is 32.7 Å². The lowest BCUT2D eigenvalue weighted by Gasteiger charge is -2.34. The lowest BCUT2D eigenvalue weighted by Crippen LogP contribution is -2.50. The molecular formula is C11H24N2O3S. The number of hydrogen-bond donors (Lipinski definition) is 1. The van der Waals surface area contributed by atoms with Gasteiger partial charge in [-0.25, -0.2) is 8.42 Å². The zero-order valence-electron chi connectivity index (χ0n) is 10.8. The van der Waals surface area contributed by atoms with Crippen LogP contribution in [0, 0.1) is 0 Å². The third kappa shape index (κ3) is 4.91. The monoisotopic (exact) mass is 264 g/mol. The Labute approximate surface area is 104 Å². The average Bonchev–Trinajstić information content (AvgIpc) is 2.26. The SMILES string of the molecule is CCCCS(=O)(=O)N1CCN(CC(C)O)CC1. The molecule has 1 atom stereocenters. The highest BCUT2D eigenvalue weighted by Gasteiger charge is 2.26. The molecule has 102 valence electrons. The minimum Gasteiger partial charge on any atom is -0.392 e. The second-order valence-corrected chi connectivity index (χ2v) is 6.81. The molecule has 0 aliphatic carbocycles. The van der Waals surface area contributed by atoms with E-state index < -0.39 is 10.0 Å². The molecule has 0 amide bonds. The number of unbranched alkanes of at least 4 members (excludes halogenated alkanes) is 1. The van der Waals surface area contributed by atoms with Gasteiger partial charge < -0.3 is 5.11 Å². The molecule has 0 aromatic heterocycles. The third-order valence-electron chi connectivity index (χ3n) is 3.00. The first kappa shape index (κ1) is 14.9. The lowest BCUT2D eigenvalue weighted by atomic mass is 10.3. The fraction of sp³-hybridized carbons (Fsp3) is 1.00. The van der Waals surface area contributed by atoms with Crippen molar-refractivity contribution < 1.29 is 13.5 Å². The van der Waals surface area contributed by atoms with Crippen LogP contribution in [0.15, 0.2) is 0 Å². The van der Waals surface area contributed by atoms with E-state index in [4.69, 9.17) is 0 Å². The molecule has 6 heteroatoms. The predicted octanol–water partition coefficient (Wildman–Crippen LogP) is 0.115. The molecule has 1 fully saturated rings. The molecule has 0 aromatic carbocycles. The number of sulfonamides is 1. The van der Waals surface area contributed by atoms with Gasteiger partial charge in [0.15, 0.2) is 0 Å². The molecule has 0 saturated carbocycles. The topological polar surface area (TPSA) is 60.9 Å². The van der Waals surface area contributed by atoms with Crippen LogP contribution in [-0.2, 0) is 10.0 Å². The number of piperazine rings is 1. The van der Waals surface area contributed by atoms with E-state index in [0.717, 1.165) is 25.9 Å². The Bertz CT molecular complexity index is 309. The Hall–Kier alpha value is -0.170. The Morgan fingerprint density at radius 2 is 1.82 bits per heavy atom. The van der Waals surface area contributed by atoms with Gasteiger partial charge in [-0.3, -0.25) is 4.90 Å². The average molecular weight is 264 g/mol. The highest BCUT2D eigenvalue weighted by molar-refractivity contribution is 7.89. The Kier molecular flexibility index (Phi) is 5.85. The maximum atomic E-state index is 11.9. The summed E-state index contributed by atoms with van der Waals surface area (Å²) >= 11 is 0. The van der Waals surface area contributed by atoms with Gasteiger partial charge in [-0.05, 0) is 13.3 Å². The standard InChI is InChI=1S/C11H24N2O3S/c1-3-4-9-17(15,16)13-7-5-12(6-8-13)10-11(2)14/h11,14H,3-10H2,1-2H3. The van der Waals surface area contributed by atoms with E-state index in [1.54, 1.807) is 11.2 Å². The summed E-state index contributed by atoms with van der Waals surface area (Å²) in [4.78, 5) is 2.11. The molecule has 1 rings (SSSR count). The fourth-order valence-electron chi connectivity index (χ4n) is 2.02. The van der Waals surface area contributed by atoms with Gasteiger partial charge in [0.1, 0.15) is 0 Å². The maximum absolute atomic E-state index is 11.9. The largest absolute Gasteiger partial charge is 0.392 e. The highest BCUT2D eigenvalue weighted by atomic mass is 32.2. The van der Waals surface area contributed by atoms with Crippen LogP contribution in [0.25, 0.3) is 0 Å². The van der Waals surface area contributed by atoms with Crippen molar-refractivity contribution in [1.29, 1.82) is 0 Å². The maximum Gasteiger partial charge on any atom is 0.214 e. The number of rotatable bonds is 6. The second-order valence-electron chi connectivity index (χ2n) is 4.72. The van der Waals surface area contributed by atoms with Gasteiger partial charge in [0.05, 0.1) is 11.9 Å². The lowest BCUT2D eigenvalue weighted by molar-refractivity contribution is 0.103. The minimum absolute atomic E-state index is 0.264. The van der Waals surface area contributed by atoms with Crippen LogP contribution >= 0.6 is 0 Å². The summed E-state index contributed by atoms with van der Waals surface area (Å²) in [5.74, 6) is 0.264. The fourth-order valence-corrected chi connectivity index (χ4v) is 3.65. The number of aliphatic hydroxyl groups excluding tert-OH is 1. The number of nitrogens with zero attached hydrogens (tertiary/aromatic N) is 2. The van der Waals surface area contributed by atoms with Crippen LogP contribution in [0.4, 0.5) is 0 Å². The smallest absolute Gasteiger partial charge is 0.214 e. The van der Waals surface area contributed by atoms with Gasteiger partial charge in [0.25, 0.3) is 0 Å². The van der Waals surface area contributed by atoms with Crippen molar-refractivity contribution in [1.82, 2.24) is 9.21 Å². The zero-order chi connectivity index (χ0) is 12.9. The van der Waals surface area contributed by atoms with Crippen LogP contribution in [-0.4, -0.2) is 67.3 Å². The van der Waals surface area contributed by atoms with E-state index >= 15 is 0 Å². The molecule has 5 nitrogen and oxygen atoms in total. The van der Waals surface area contributed by atoms with Crippen LogP contribution < -0.4 is 0 Å². The molecule has 1 aliphatic rings. The van der Waals surface area contributed by atoms with E-state index in [0.29, 0.717) is 19.6 Å². The first-order chi connectivity index (χ1) is 7.95. The predicted molar refractivity (Wildman–Crippen MR) is 68.4 cm³/mol. The van der Waals surface area contributed by atoms with Crippen LogP contribution in [0.3, 0.4) is 0 Å². The van der Waals surface area contributed by atoms with Gasteiger partial charge in [-0.1, -0.05) is 13.3 Å².